The Labute approximate surface area is 161 Å². The van der Waals surface area contributed by atoms with E-state index in [-0.39, 0.29) is 12.1 Å². The fourth-order valence-electron chi connectivity index (χ4n) is 3.84. The van der Waals surface area contributed by atoms with E-state index in [1.165, 1.54) is 0 Å². The standard InChI is InChI=1S/C18H21N9O/c1-2-25-16(15-20-12-27(23-15)13-6-4-3-5-7-13)21-22-17(25)24-8-9-26-14(11-24)10-19-18(26)28/h3-7,12,14H,2,8-11H2,1H3,(H,19,28). The number of amides is 2. The molecule has 1 unspecified atom stereocenters. The first-order valence-electron chi connectivity index (χ1n) is 9.44. The van der Waals surface area contributed by atoms with Crippen molar-refractivity contribution in [2.45, 2.75) is 19.5 Å². The minimum absolute atomic E-state index is 0.0259. The highest BCUT2D eigenvalue weighted by atomic mass is 16.2. The molecule has 10 nitrogen and oxygen atoms in total. The highest BCUT2D eigenvalue weighted by Crippen LogP contribution is 2.24. The molecule has 2 aliphatic rings. The van der Waals surface area contributed by atoms with Gasteiger partial charge in [0.15, 0.2) is 0 Å². The summed E-state index contributed by atoms with van der Waals surface area (Å²) < 4.78 is 3.77. The molecule has 2 aliphatic heterocycles. The molecule has 28 heavy (non-hydrogen) atoms. The predicted octanol–water partition coefficient (Wildman–Crippen LogP) is 0.759. The number of rotatable bonds is 4. The van der Waals surface area contributed by atoms with Gasteiger partial charge in [-0.25, -0.2) is 14.5 Å². The number of carbonyl (C=O) groups is 1. The molecule has 1 N–H and O–H groups in total. The number of para-hydroxylation sites is 1. The molecule has 0 saturated carbocycles. The van der Waals surface area contributed by atoms with Gasteiger partial charge in [0.1, 0.15) is 6.33 Å². The van der Waals surface area contributed by atoms with Crippen molar-refractivity contribution in [2.75, 3.05) is 31.1 Å². The van der Waals surface area contributed by atoms with Gasteiger partial charge in [-0.3, -0.25) is 4.57 Å². The van der Waals surface area contributed by atoms with Crippen molar-refractivity contribution in [3.8, 4) is 17.3 Å². The number of hydrogen-bond acceptors (Lipinski definition) is 6. The fraction of sp³-hybridized carbons (Fsp3) is 0.389. The van der Waals surface area contributed by atoms with E-state index >= 15 is 0 Å². The molecule has 144 valence electrons. The predicted molar refractivity (Wildman–Crippen MR) is 102 cm³/mol. The molecule has 2 amide bonds. The summed E-state index contributed by atoms with van der Waals surface area (Å²) in [6, 6.07) is 10.0. The van der Waals surface area contributed by atoms with E-state index < -0.39 is 0 Å². The van der Waals surface area contributed by atoms with Crippen LogP contribution in [0.25, 0.3) is 17.3 Å². The molecule has 4 heterocycles. The minimum atomic E-state index is 0.0259. The van der Waals surface area contributed by atoms with E-state index in [9.17, 15) is 4.79 Å². The van der Waals surface area contributed by atoms with E-state index in [0.29, 0.717) is 31.3 Å². The van der Waals surface area contributed by atoms with Crippen LogP contribution in [-0.4, -0.2) is 72.7 Å². The van der Waals surface area contributed by atoms with Crippen molar-refractivity contribution in [3.05, 3.63) is 36.7 Å². The molecule has 0 bridgehead atoms. The quantitative estimate of drug-likeness (QED) is 0.719. The Morgan fingerprint density at radius 2 is 2.04 bits per heavy atom. The van der Waals surface area contributed by atoms with Crippen molar-refractivity contribution in [1.82, 2.24) is 39.7 Å². The Balaban J connectivity index is 1.43. The highest BCUT2D eigenvalue weighted by Gasteiger charge is 2.37. The van der Waals surface area contributed by atoms with Gasteiger partial charge in [0.25, 0.3) is 0 Å². The van der Waals surface area contributed by atoms with Gasteiger partial charge < -0.3 is 15.1 Å². The highest BCUT2D eigenvalue weighted by molar-refractivity contribution is 5.77. The van der Waals surface area contributed by atoms with E-state index in [2.05, 4.69) is 37.4 Å². The number of benzene rings is 1. The Bertz CT molecular complexity index is 996. The van der Waals surface area contributed by atoms with Gasteiger partial charge in [-0.1, -0.05) is 18.2 Å². The third kappa shape index (κ3) is 2.68. The second-order valence-corrected chi connectivity index (χ2v) is 6.90. The van der Waals surface area contributed by atoms with Gasteiger partial charge >= 0.3 is 6.03 Å². The summed E-state index contributed by atoms with van der Waals surface area (Å²) in [4.78, 5) is 20.4. The summed E-state index contributed by atoms with van der Waals surface area (Å²) in [6.07, 6.45) is 1.69. The zero-order valence-electron chi connectivity index (χ0n) is 15.6. The number of hydrogen-bond donors (Lipinski definition) is 1. The molecule has 1 aromatic carbocycles. The molecule has 2 aromatic heterocycles. The zero-order chi connectivity index (χ0) is 19.1. The first-order valence-corrected chi connectivity index (χ1v) is 9.44. The summed E-state index contributed by atoms with van der Waals surface area (Å²) in [5.41, 5.74) is 0.943. The molecule has 2 saturated heterocycles. The maximum atomic E-state index is 11.8. The average Bonchev–Trinajstić information content (AvgIpc) is 3.46. The first kappa shape index (κ1) is 16.7. The Kier molecular flexibility index (Phi) is 3.96. The maximum absolute atomic E-state index is 11.8. The Hall–Kier alpha value is -3.43. The van der Waals surface area contributed by atoms with Crippen LogP contribution in [0.2, 0.25) is 0 Å². The van der Waals surface area contributed by atoms with E-state index in [0.717, 1.165) is 24.7 Å². The van der Waals surface area contributed by atoms with Gasteiger partial charge in [-0.15, -0.1) is 15.3 Å². The number of nitrogens with zero attached hydrogens (tertiary/aromatic N) is 8. The fourth-order valence-corrected chi connectivity index (χ4v) is 3.84. The van der Waals surface area contributed by atoms with Crippen LogP contribution in [0, 0.1) is 0 Å². The Morgan fingerprint density at radius 3 is 2.86 bits per heavy atom. The van der Waals surface area contributed by atoms with E-state index in [1.807, 2.05) is 39.8 Å². The second kappa shape index (κ2) is 6.63. The molecule has 5 rings (SSSR count). The summed E-state index contributed by atoms with van der Waals surface area (Å²) in [7, 11) is 0. The molecule has 10 heteroatoms. The molecule has 0 radical (unpaired) electrons. The first-order chi connectivity index (χ1) is 13.7. The number of anilines is 1. The lowest BCUT2D eigenvalue weighted by Gasteiger charge is -2.36. The van der Waals surface area contributed by atoms with Crippen LogP contribution in [0.3, 0.4) is 0 Å². The van der Waals surface area contributed by atoms with Crippen LogP contribution in [0.4, 0.5) is 10.7 Å². The summed E-state index contributed by atoms with van der Waals surface area (Å²) in [6.45, 7) is 5.59. The molecule has 2 fully saturated rings. The SMILES string of the molecule is CCn1c(-c2ncn(-c3ccccc3)n2)nnc1N1CCN2C(=O)NCC2C1. The second-order valence-electron chi connectivity index (χ2n) is 6.90. The van der Waals surface area contributed by atoms with Crippen LogP contribution in [0.15, 0.2) is 36.7 Å². The lowest BCUT2D eigenvalue weighted by atomic mass is 10.2. The number of nitrogens with one attached hydrogen (secondary N) is 1. The van der Waals surface area contributed by atoms with Crippen LogP contribution >= 0.6 is 0 Å². The topological polar surface area (TPSA) is 97.0 Å². The van der Waals surface area contributed by atoms with Crippen LogP contribution < -0.4 is 10.2 Å². The van der Waals surface area contributed by atoms with Crippen molar-refractivity contribution < 1.29 is 4.79 Å². The van der Waals surface area contributed by atoms with Gasteiger partial charge in [0.2, 0.25) is 17.6 Å². The van der Waals surface area contributed by atoms with Gasteiger partial charge in [0, 0.05) is 32.7 Å². The van der Waals surface area contributed by atoms with Gasteiger partial charge in [0.05, 0.1) is 11.7 Å². The van der Waals surface area contributed by atoms with Crippen molar-refractivity contribution in [2.24, 2.45) is 0 Å². The van der Waals surface area contributed by atoms with Crippen LogP contribution in [0.5, 0.6) is 0 Å². The smallest absolute Gasteiger partial charge is 0.317 e. The van der Waals surface area contributed by atoms with E-state index in [4.69, 9.17) is 0 Å². The monoisotopic (exact) mass is 379 g/mol. The minimum Gasteiger partial charge on any atom is -0.337 e. The van der Waals surface area contributed by atoms with Crippen molar-refractivity contribution in [1.29, 1.82) is 0 Å². The third-order valence-corrected chi connectivity index (χ3v) is 5.28. The van der Waals surface area contributed by atoms with Gasteiger partial charge in [-0.2, -0.15) is 0 Å². The van der Waals surface area contributed by atoms with Gasteiger partial charge in [-0.05, 0) is 19.1 Å². The largest absolute Gasteiger partial charge is 0.337 e. The molecule has 0 aliphatic carbocycles. The average molecular weight is 379 g/mol. The summed E-state index contributed by atoms with van der Waals surface area (Å²) >= 11 is 0. The normalized spacial score (nSPS) is 19.0. The number of aromatic nitrogens is 6. The summed E-state index contributed by atoms with van der Waals surface area (Å²) in [5, 5.41) is 16.3. The number of piperazine rings is 1. The van der Waals surface area contributed by atoms with E-state index in [1.54, 1.807) is 11.0 Å². The molecule has 3 aromatic rings. The molecular weight excluding hydrogens is 358 g/mol. The van der Waals surface area contributed by atoms with Crippen LogP contribution in [-0.2, 0) is 6.54 Å². The number of urea groups is 1. The molecule has 1 atom stereocenters. The van der Waals surface area contributed by atoms with Crippen molar-refractivity contribution >= 4 is 12.0 Å². The third-order valence-electron chi connectivity index (χ3n) is 5.28. The number of fused-ring (bicyclic) bond motifs is 1. The Morgan fingerprint density at radius 1 is 1.18 bits per heavy atom. The maximum Gasteiger partial charge on any atom is 0.317 e. The summed E-state index contributed by atoms with van der Waals surface area (Å²) in [5.74, 6) is 1.99. The lowest BCUT2D eigenvalue weighted by molar-refractivity contribution is 0.197. The van der Waals surface area contributed by atoms with Crippen LogP contribution in [0.1, 0.15) is 6.92 Å². The zero-order valence-corrected chi connectivity index (χ0v) is 15.6. The molecule has 0 spiro atoms. The van der Waals surface area contributed by atoms with Crippen molar-refractivity contribution in [3.63, 3.8) is 0 Å². The number of carbonyl (C=O) groups excluding carboxylic acids is 1. The molecular formula is C18H21N9O. The lowest BCUT2D eigenvalue weighted by Crippen LogP contribution is -2.52.